The molecule has 0 aliphatic heterocycles. The summed E-state index contributed by atoms with van der Waals surface area (Å²) in [6.07, 6.45) is 1.48. The molecule has 0 aromatic heterocycles. The highest BCUT2D eigenvalue weighted by molar-refractivity contribution is 8.00. The normalized spacial score (nSPS) is 11.1. The van der Waals surface area contributed by atoms with E-state index in [4.69, 9.17) is 46.4 Å². The fraction of sp³-hybridized carbons (Fsp3) is 0.0333. The van der Waals surface area contributed by atoms with Crippen molar-refractivity contribution in [3.05, 3.63) is 128 Å². The predicted molar refractivity (Wildman–Crippen MR) is 169 cm³/mol. The van der Waals surface area contributed by atoms with Crippen molar-refractivity contribution in [2.75, 3.05) is 16.4 Å². The average molecular weight is 645 g/mol. The molecule has 0 unspecified atom stereocenters. The van der Waals surface area contributed by atoms with Crippen molar-refractivity contribution < 1.29 is 14.4 Å². The van der Waals surface area contributed by atoms with E-state index < -0.39 is 11.8 Å². The molecule has 0 aliphatic carbocycles. The van der Waals surface area contributed by atoms with Gasteiger partial charge in [-0.3, -0.25) is 14.4 Å². The van der Waals surface area contributed by atoms with Crippen LogP contribution in [0.25, 0.3) is 6.08 Å². The van der Waals surface area contributed by atoms with Crippen LogP contribution in [0.1, 0.15) is 15.9 Å². The van der Waals surface area contributed by atoms with E-state index >= 15 is 0 Å². The second-order valence-electron chi connectivity index (χ2n) is 8.46. The maximum absolute atomic E-state index is 13.2. The van der Waals surface area contributed by atoms with E-state index in [2.05, 4.69) is 16.0 Å². The molecular formula is C30H21Cl4N3O3S. The van der Waals surface area contributed by atoms with Crippen LogP contribution in [-0.2, 0) is 9.59 Å². The van der Waals surface area contributed by atoms with E-state index in [1.807, 2.05) is 0 Å². The predicted octanol–water partition coefficient (Wildman–Crippen LogP) is 8.44. The van der Waals surface area contributed by atoms with E-state index in [1.165, 1.54) is 17.8 Å². The van der Waals surface area contributed by atoms with E-state index in [9.17, 15) is 14.4 Å². The number of anilines is 2. The Kier molecular flexibility index (Phi) is 10.7. The number of rotatable bonds is 9. The fourth-order valence-electron chi connectivity index (χ4n) is 3.48. The molecule has 0 atom stereocenters. The van der Waals surface area contributed by atoms with Gasteiger partial charge in [-0.05, 0) is 72.3 Å². The first-order chi connectivity index (χ1) is 19.7. The van der Waals surface area contributed by atoms with Gasteiger partial charge < -0.3 is 16.0 Å². The van der Waals surface area contributed by atoms with Crippen LogP contribution < -0.4 is 16.0 Å². The Morgan fingerprint density at radius 3 is 2.20 bits per heavy atom. The molecule has 6 nitrogen and oxygen atoms in total. The van der Waals surface area contributed by atoms with Crippen LogP contribution in [-0.4, -0.2) is 23.5 Å². The van der Waals surface area contributed by atoms with Crippen LogP contribution in [0.3, 0.4) is 0 Å². The first-order valence-corrected chi connectivity index (χ1v) is 14.5. The van der Waals surface area contributed by atoms with Crippen molar-refractivity contribution in [1.82, 2.24) is 5.32 Å². The monoisotopic (exact) mass is 643 g/mol. The van der Waals surface area contributed by atoms with Crippen LogP contribution in [0, 0.1) is 0 Å². The summed E-state index contributed by atoms with van der Waals surface area (Å²) < 4.78 is 0. The number of hydrogen-bond acceptors (Lipinski definition) is 4. The molecule has 4 rings (SSSR count). The zero-order valence-electron chi connectivity index (χ0n) is 21.1. The van der Waals surface area contributed by atoms with Crippen molar-refractivity contribution in [3.63, 3.8) is 0 Å². The topological polar surface area (TPSA) is 87.3 Å². The van der Waals surface area contributed by atoms with Crippen LogP contribution in [0.15, 0.2) is 102 Å². The molecule has 3 N–H and O–H groups in total. The molecule has 0 saturated carbocycles. The molecule has 0 fully saturated rings. The van der Waals surface area contributed by atoms with Crippen molar-refractivity contribution >= 4 is 93.3 Å². The van der Waals surface area contributed by atoms with Gasteiger partial charge >= 0.3 is 0 Å². The highest BCUT2D eigenvalue weighted by Crippen LogP contribution is 2.30. The minimum absolute atomic E-state index is 0.0159. The van der Waals surface area contributed by atoms with Crippen LogP contribution in [0.4, 0.5) is 11.4 Å². The zero-order valence-corrected chi connectivity index (χ0v) is 24.9. The zero-order chi connectivity index (χ0) is 29.4. The number of hydrogen-bond donors (Lipinski definition) is 3. The summed E-state index contributed by atoms with van der Waals surface area (Å²) >= 11 is 25.7. The van der Waals surface area contributed by atoms with Gasteiger partial charge in [-0.15, -0.1) is 11.8 Å². The SMILES string of the molecule is O=C(CSc1ccc(NC(=O)/C(=C/c2ccc(Cl)cc2Cl)NC(=O)c2ccccc2)cc1)Nc1cccc(Cl)c1Cl. The summed E-state index contributed by atoms with van der Waals surface area (Å²) in [6, 6.07) is 25.3. The Bertz CT molecular complexity index is 1610. The number of nitrogens with one attached hydrogen (secondary N) is 3. The third kappa shape index (κ3) is 8.76. The molecular weight excluding hydrogens is 624 g/mol. The number of carbonyl (C=O) groups excluding carboxylic acids is 3. The Hall–Kier alpha value is -3.46. The summed E-state index contributed by atoms with van der Waals surface area (Å²) in [5.41, 5.74) is 1.79. The van der Waals surface area contributed by atoms with Crippen LogP contribution in [0.5, 0.6) is 0 Å². The Balaban J connectivity index is 1.43. The molecule has 0 saturated heterocycles. The minimum Gasteiger partial charge on any atom is -0.324 e. The summed E-state index contributed by atoms with van der Waals surface area (Å²) in [4.78, 5) is 39.2. The smallest absolute Gasteiger partial charge is 0.272 e. The maximum Gasteiger partial charge on any atom is 0.272 e. The Labute approximate surface area is 261 Å². The van der Waals surface area contributed by atoms with Crippen molar-refractivity contribution in [2.45, 2.75) is 4.90 Å². The number of benzene rings is 4. The molecule has 0 bridgehead atoms. The lowest BCUT2D eigenvalue weighted by Crippen LogP contribution is -2.30. The van der Waals surface area contributed by atoms with Gasteiger partial charge in [-0.2, -0.15) is 0 Å². The summed E-state index contributed by atoms with van der Waals surface area (Å²) in [5.74, 6) is -1.13. The fourth-order valence-corrected chi connectivity index (χ4v) is 4.99. The quantitative estimate of drug-likeness (QED) is 0.126. The van der Waals surface area contributed by atoms with E-state index in [1.54, 1.807) is 91.0 Å². The molecule has 0 spiro atoms. The standard InChI is InChI=1S/C30H21Cl4N3O3S/c31-20-10-9-19(24(33)16-20)15-26(37-29(39)18-5-2-1-3-6-18)30(40)35-21-11-13-22(14-12-21)41-17-27(38)36-25-8-4-7-23(32)28(25)34/h1-16H,17H2,(H,35,40)(H,36,38)(H,37,39)/b26-15-. The van der Waals surface area contributed by atoms with Gasteiger partial charge in [0.05, 0.1) is 21.5 Å². The Morgan fingerprint density at radius 1 is 0.756 bits per heavy atom. The van der Waals surface area contributed by atoms with Crippen molar-refractivity contribution in [1.29, 1.82) is 0 Å². The summed E-state index contributed by atoms with van der Waals surface area (Å²) in [7, 11) is 0. The van der Waals surface area contributed by atoms with Crippen LogP contribution >= 0.6 is 58.2 Å². The third-order valence-electron chi connectivity index (χ3n) is 5.50. The second kappa shape index (κ2) is 14.4. The molecule has 4 aromatic rings. The van der Waals surface area contributed by atoms with Gasteiger partial charge in [0, 0.05) is 26.2 Å². The minimum atomic E-state index is -0.557. The van der Waals surface area contributed by atoms with Crippen molar-refractivity contribution in [3.8, 4) is 0 Å². The number of amides is 3. The lowest BCUT2D eigenvalue weighted by atomic mass is 10.1. The molecule has 3 amide bonds. The summed E-state index contributed by atoms with van der Waals surface area (Å²) in [6.45, 7) is 0. The molecule has 4 aromatic carbocycles. The third-order valence-corrected chi connectivity index (χ3v) is 7.89. The molecule has 0 aliphatic rings. The van der Waals surface area contributed by atoms with E-state index in [0.29, 0.717) is 37.6 Å². The molecule has 41 heavy (non-hydrogen) atoms. The Morgan fingerprint density at radius 2 is 1.49 bits per heavy atom. The van der Waals surface area contributed by atoms with Gasteiger partial charge in [-0.25, -0.2) is 0 Å². The highest BCUT2D eigenvalue weighted by atomic mass is 35.5. The molecule has 11 heteroatoms. The van der Waals surface area contributed by atoms with Gasteiger partial charge in [0.2, 0.25) is 5.91 Å². The van der Waals surface area contributed by atoms with Gasteiger partial charge in [0.1, 0.15) is 5.70 Å². The van der Waals surface area contributed by atoms with Crippen LogP contribution in [0.2, 0.25) is 20.1 Å². The second-order valence-corrected chi connectivity index (χ2v) is 11.1. The molecule has 208 valence electrons. The van der Waals surface area contributed by atoms with Gasteiger partial charge in [0.25, 0.3) is 11.8 Å². The number of thioether (sulfide) groups is 1. The van der Waals surface area contributed by atoms with Gasteiger partial charge in [0.15, 0.2) is 0 Å². The average Bonchev–Trinajstić information content (AvgIpc) is 2.96. The highest BCUT2D eigenvalue weighted by Gasteiger charge is 2.16. The molecule has 0 radical (unpaired) electrons. The van der Waals surface area contributed by atoms with Crippen molar-refractivity contribution in [2.24, 2.45) is 0 Å². The molecule has 0 heterocycles. The largest absolute Gasteiger partial charge is 0.324 e. The van der Waals surface area contributed by atoms with E-state index in [0.717, 1.165) is 4.90 Å². The number of halogens is 4. The maximum atomic E-state index is 13.2. The number of carbonyl (C=O) groups is 3. The lowest BCUT2D eigenvalue weighted by Gasteiger charge is -2.12. The first-order valence-electron chi connectivity index (χ1n) is 12.0. The summed E-state index contributed by atoms with van der Waals surface area (Å²) in [5, 5.41) is 9.57. The first kappa shape index (κ1) is 30.5. The lowest BCUT2D eigenvalue weighted by molar-refractivity contribution is -0.114. The van der Waals surface area contributed by atoms with E-state index in [-0.39, 0.29) is 22.4 Å². The van der Waals surface area contributed by atoms with Gasteiger partial charge in [-0.1, -0.05) is 76.7 Å².